The standard InChI is InChI=1S/C22H31N/c1-5-18-12-13-21(19(6-2)16-18)17-22(14-15-23(3)4)20-10-8-7-9-11-20/h7-13,16,22H,5-6,14-15,17H2,1-4H3. The quantitative estimate of drug-likeness (QED) is 0.656. The molecule has 2 aromatic carbocycles. The van der Waals surface area contributed by atoms with E-state index in [1.807, 2.05) is 0 Å². The lowest BCUT2D eigenvalue weighted by atomic mass is 9.86. The first-order valence-electron chi connectivity index (χ1n) is 8.94. The molecule has 0 spiro atoms. The Bertz CT molecular complexity index is 586. The average Bonchev–Trinajstić information content (AvgIpc) is 2.59. The molecule has 23 heavy (non-hydrogen) atoms. The third kappa shape index (κ3) is 5.21. The molecule has 0 aromatic heterocycles. The molecule has 0 heterocycles. The lowest BCUT2D eigenvalue weighted by Crippen LogP contribution is -2.17. The fraction of sp³-hybridized carbons (Fsp3) is 0.455. The van der Waals surface area contributed by atoms with Crippen molar-refractivity contribution in [2.75, 3.05) is 20.6 Å². The predicted octanol–water partition coefficient (Wildman–Crippen LogP) is 5.09. The molecule has 0 amide bonds. The van der Waals surface area contributed by atoms with E-state index in [-0.39, 0.29) is 0 Å². The van der Waals surface area contributed by atoms with Gasteiger partial charge in [-0.15, -0.1) is 0 Å². The first-order chi connectivity index (χ1) is 11.1. The molecular formula is C22H31N. The lowest BCUT2D eigenvalue weighted by Gasteiger charge is -2.21. The van der Waals surface area contributed by atoms with Crippen molar-refractivity contribution in [2.45, 2.75) is 45.4 Å². The number of hydrogen-bond donors (Lipinski definition) is 0. The number of aryl methyl sites for hydroxylation is 2. The molecular weight excluding hydrogens is 278 g/mol. The molecule has 2 rings (SSSR count). The Morgan fingerprint density at radius 1 is 0.870 bits per heavy atom. The van der Waals surface area contributed by atoms with Crippen LogP contribution in [0.3, 0.4) is 0 Å². The molecule has 0 aliphatic heterocycles. The predicted molar refractivity (Wildman–Crippen MR) is 101 cm³/mol. The summed E-state index contributed by atoms with van der Waals surface area (Å²) in [5.74, 6) is 0.594. The van der Waals surface area contributed by atoms with Crippen molar-refractivity contribution in [1.82, 2.24) is 4.90 Å². The van der Waals surface area contributed by atoms with E-state index < -0.39 is 0 Å². The van der Waals surface area contributed by atoms with E-state index in [0.717, 1.165) is 25.8 Å². The van der Waals surface area contributed by atoms with Crippen LogP contribution in [-0.4, -0.2) is 25.5 Å². The maximum absolute atomic E-state index is 2.41. The molecule has 0 aliphatic rings. The average molecular weight is 309 g/mol. The number of nitrogens with zero attached hydrogens (tertiary/aromatic N) is 1. The van der Waals surface area contributed by atoms with Gasteiger partial charge in [0.05, 0.1) is 0 Å². The van der Waals surface area contributed by atoms with Crippen LogP contribution in [0.5, 0.6) is 0 Å². The number of rotatable bonds is 8. The molecule has 1 nitrogen and oxygen atoms in total. The Morgan fingerprint density at radius 2 is 1.61 bits per heavy atom. The molecule has 1 heteroatoms. The summed E-state index contributed by atoms with van der Waals surface area (Å²) in [6.07, 6.45) is 4.59. The third-order valence-electron chi connectivity index (χ3n) is 4.72. The first-order valence-corrected chi connectivity index (χ1v) is 8.94. The van der Waals surface area contributed by atoms with Gasteiger partial charge in [0, 0.05) is 0 Å². The molecule has 0 N–H and O–H groups in total. The van der Waals surface area contributed by atoms with Gasteiger partial charge in [-0.2, -0.15) is 0 Å². The van der Waals surface area contributed by atoms with Gasteiger partial charge in [-0.05, 0) is 74.5 Å². The van der Waals surface area contributed by atoms with Crippen molar-refractivity contribution in [3.63, 3.8) is 0 Å². The maximum atomic E-state index is 2.41. The summed E-state index contributed by atoms with van der Waals surface area (Å²) in [7, 11) is 4.32. The van der Waals surface area contributed by atoms with E-state index in [1.54, 1.807) is 0 Å². The normalized spacial score (nSPS) is 12.6. The van der Waals surface area contributed by atoms with Crippen LogP contribution in [0.25, 0.3) is 0 Å². The van der Waals surface area contributed by atoms with Crippen molar-refractivity contribution in [1.29, 1.82) is 0 Å². The van der Waals surface area contributed by atoms with Crippen LogP contribution in [0.4, 0.5) is 0 Å². The van der Waals surface area contributed by atoms with E-state index >= 15 is 0 Å². The lowest BCUT2D eigenvalue weighted by molar-refractivity contribution is 0.379. The maximum Gasteiger partial charge on any atom is -0.00189 e. The van der Waals surface area contributed by atoms with Gasteiger partial charge in [0.15, 0.2) is 0 Å². The van der Waals surface area contributed by atoms with Gasteiger partial charge in [-0.1, -0.05) is 62.4 Å². The Kier molecular flexibility index (Phi) is 6.85. The van der Waals surface area contributed by atoms with Gasteiger partial charge in [0.25, 0.3) is 0 Å². The second-order valence-electron chi connectivity index (χ2n) is 6.71. The summed E-state index contributed by atoms with van der Waals surface area (Å²) in [6.45, 7) is 5.64. The van der Waals surface area contributed by atoms with E-state index in [4.69, 9.17) is 0 Å². The second-order valence-corrected chi connectivity index (χ2v) is 6.71. The Morgan fingerprint density at radius 3 is 2.22 bits per heavy atom. The topological polar surface area (TPSA) is 3.24 Å². The van der Waals surface area contributed by atoms with Gasteiger partial charge in [0.1, 0.15) is 0 Å². The fourth-order valence-corrected chi connectivity index (χ4v) is 3.22. The summed E-state index contributed by atoms with van der Waals surface area (Å²) in [5, 5.41) is 0. The fourth-order valence-electron chi connectivity index (χ4n) is 3.22. The third-order valence-corrected chi connectivity index (χ3v) is 4.72. The van der Waals surface area contributed by atoms with E-state index in [1.165, 1.54) is 28.7 Å². The van der Waals surface area contributed by atoms with Crippen molar-refractivity contribution in [3.8, 4) is 0 Å². The van der Waals surface area contributed by atoms with Crippen molar-refractivity contribution >= 4 is 0 Å². The summed E-state index contributed by atoms with van der Waals surface area (Å²) < 4.78 is 0. The monoisotopic (exact) mass is 309 g/mol. The summed E-state index contributed by atoms with van der Waals surface area (Å²) in [5.41, 5.74) is 5.97. The van der Waals surface area contributed by atoms with E-state index in [9.17, 15) is 0 Å². The molecule has 124 valence electrons. The zero-order valence-corrected chi connectivity index (χ0v) is 15.2. The minimum absolute atomic E-state index is 0.594. The van der Waals surface area contributed by atoms with Gasteiger partial charge in [-0.25, -0.2) is 0 Å². The van der Waals surface area contributed by atoms with Crippen LogP contribution in [-0.2, 0) is 19.3 Å². The second kappa shape index (κ2) is 8.88. The zero-order chi connectivity index (χ0) is 16.7. The van der Waals surface area contributed by atoms with Crippen LogP contribution in [0, 0.1) is 0 Å². The molecule has 0 saturated heterocycles. The van der Waals surface area contributed by atoms with Crippen molar-refractivity contribution < 1.29 is 0 Å². The van der Waals surface area contributed by atoms with Crippen LogP contribution in [0.2, 0.25) is 0 Å². The van der Waals surface area contributed by atoms with Gasteiger partial charge in [-0.3, -0.25) is 0 Å². The van der Waals surface area contributed by atoms with Crippen LogP contribution in [0.1, 0.15) is 48.4 Å². The summed E-state index contributed by atoms with van der Waals surface area (Å²) >= 11 is 0. The highest BCUT2D eigenvalue weighted by Gasteiger charge is 2.14. The molecule has 0 radical (unpaired) electrons. The van der Waals surface area contributed by atoms with Gasteiger partial charge in [0.2, 0.25) is 0 Å². The summed E-state index contributed by atoms with van der Waals surface area (Å²) in [6, 6.07) is 18.1. The highest BCUT2D eigenvalue weighted by atomic mass is 15.0. The summed E-state index contributed by atoms with van der Waals surface area (Å²) in [4.78, 5) is 2.29. The van der Waals surface area contributed by atoms with E-state index in [0.29, 0.717) is 5.92 Å². The molecule has 0 aliphatic carbocycles. The van der Waals surface area contributed by atoms with Gasteiger partial charge < -0.3 is 4.90 Å². The Hall–Kier alpha value is -1.60. The van der Waals surface area contributed by atoms with Crippen LogP contribution in [0.15, 0.2) is 48.5 Å². The van der Waals surface area contributed by atoms with Crippen LogP contribution >= 0.6 is 0 Å². The molecule has 1 atom stereocenters. The van der Waals surface area contributed by atoms with Crippen molar-refractivity contribution in [2.24, 2.45) is 0 Å². The first kappa shape index (κ1) is 17.7. The molecule has 0 saturated carbocycles. The van der Waals surface area contributed by atoms with Crippen LogP contribution < -0.4 is 0 Å². The molecule has 0 fully saturated rings. The Balaban J connectivity index is 2.23. The van der Waals surface area contributed by atoms with Crippen molar-refractivity contribution in [3.05, 3.63) is 70.8 Å². The smallest absolute Gasteiger partial charge is 0.00189 e. The molecule has 1 unspecified atom stereocenters. The minimum Gasteiger partial charge on any atom is -0.309 e. The van der Waals surface area contributed by atoms with Gasteiger partial charge >= 0.3 is 0 Å². The number of benzene rings is 2. The minimum atomic E-state index is 0.594. The molecule has 0 bridgehead atoms. The SMILES string of the molecule is CCc1ccc(CC(CCN(C)C)c2ccccc2)c(CC)c1. The largest absolute Gasteiger partial charge is 0.309 e. The zero-order valence-electron chi connectivity index (χ0n) is 15.2. The molecule has 2 aromatic rings. The van der Waals surface area contributed by atoms with E-state index in [2.05, 4.69) is 81.4 Å². The Labute approximate surface area is 142 Å². The highest BCUT2D eigenvalue weighted by Crippen LogP contribution is 2.27. The number of hydrogen-bond acceptors (Lipinski definition) is 1. The highest BCUT2D eigenvalue weighted by molar-refractivity contribution is 5.34.